The first-order chi connectivity index (χ1) is 14.6. The Balaban J connectivity index is 1.48. The van der Waals surface area contributed by atoms with Crippen molar-refractivity contribution >= 4 is 27.5 Å². The highest BCUT2D eigenvalue weighted by molar-refractivity contribution is 7.18. The standard InChI is InChI=1S/C22H17FN4O2S/c23-17-6-2-1-5-15(17)21(28)26-9-7-16-18(12-26)30-20-19(16)22(29)27(13-25-20)11-14-4-3-8-24-10-14/h1-6,8,10,13H,7,9,11-12H2. The van der Waals surface area contributed by atoms with Crippen LogP contribution < -0.4 is 5.56 Å². The molecule has 0 atom stereocenters. The SMILES string of the molecule is O=C(c1ccccc1F)N1CCc2c(sc3ncn(Cc4cccnc4)c(=O)c23)C1. The van der Waals surface area contributed by atoms with Gasteiger partial charge in [-0.3, -0.25) is 19.1 Å². The predicted octanol–water partition coefficient (Wildman–Crippen LogP) is 3.24. The van der Waals surface area contributed by atoms with Crippen molar-refractivity contribution in [3.63, 3.8) is 0 Å². The van der Waals surface area contributed by atoms with Crippen LogP contribution in [0.25, 0.3) is 10.2 Å². The van der Waals surface area contributed by atoms with Gasteiger partial charge in [0.15, 0.2) is 0 Å². The maximum absolute atomic E-state index is 14.0. The molecule has 0 radical (unpaired) electrons. The van der Waals surface area contributed by atoms with Gasteiger partial charge >= 0.3 is 0 Å². The zero-order chi connectivity index (χ0) is 20.7. The molecule has 6 nitrogen and oxygen atoms in total. The van der Waals surface area contributed by atoms with E-state index in [0.717, 1.165) is 16.0 Å². The molecule has 0 spiro atoms. The maximum Gasteiger partial charge on any atom is 0.262 e. The highest BCUT2D eigenvalue weighted by atomic mass is 32.1. The van der Waals surface area contributed by atoms with Crippen LogP contribution in [-0.4, -0.2) is 31.9 Å². The van der Waals surface area contributed by atoms with Crippen LogP contribution in [0.3, 0.4) is 0 Å². The minimum absolute atomic E-state index is 0.0685. The van der Waals surface area contributed by atoms with Crippen LogP contribution in [0.5, 0.6) is 0 Å². The van der Waals surface area contributed by atoms with Crippen LogP contribution in [0.4, 0.5) is 4.39 Å². The smallest absolute Gasteiger partial charge is 0.262 e. The molecule has 5 rings (SSSR count). The van der Waals surface area contributed by atoms with E-state index in [-0.39, 0.29) is 17.0 Å². The Labute approximate surface area is 175 Å². The maximum atomic E-state index is 14.0. The van der Waals surface area contributed by atoms with Gasteiger partial charge in [-0.05, 0) is 35.7 Å². The molecule has 4 heterocycles. The van der Waals surface area contributed by atoms with E-state index in [9.17, 15) is 14.0 Å². The quantitative estimate of drug-likeness (QED) is 0.510. The Morgan fingerprint density at radius 3 is 2.87 bits per heavy atom. The molecule has 1 aromatic carbocycles. The summed E-state index contributed by atoms with van der Waals surface area (Å²) in [5, 5.41) is 0.624. The number of rotatable bonds is 3. The number of nitrogens with zero attached hydrogens (tertiary/aromatic N) is 4. The monoisotopic (exact) mass is 420 g/mol. The second kappa shape index (κ2) is 7.46. The van der Waals surface area contributed by atoms with E-state index in [1.807, 2.05) is 12.1 Å². The largest absolute Gasteiger partial charge is 0.333 e. The van der Waals surface area contributed by atoms with Crippen LogP contribution in [0.2, 0.25) is 0 Å². The fraction of sp³-hybridized carbons (Fsp3) is 0.182. The Hall–Kier alpha value is -3.39. The van der Waals surface area contributed by atoms with Crippen molar-refractivity contribution in [3.8, 4) is 0 Å². The number of aromatic nitrogens is 3. The van der Waals surface area contributed by atoms with Crippen molar-refractivity contribution in [2.45, 2.75) is 19.5 Å². The topological polar surface area (TPSA) is 68.1 Å². The van der Waals surface area contributed by atoms with E-state index in [1.54, 1.807) is 40.3 Å². The molecule has 8 heteroatoms. The molecular weight excluding hydrogens is 403 g/mol. The predicted molar refractivity (Wildman–Crippen MR) is 112 cm³/mol. The van der Waals surface area contributed by atoms with Gasteiger partial charge in [-0.25, -0.2) is 9.37 Å². The molecule has 1 aliphatic rings. The molecule has 0 fully saturated rings. The number of carbonyl (C=O) groups excluding carboxylic acids is 1. The van der Waals surface area contributed by atoms with Crippen molar-refractivity contribution < 1.29 is 9.18 Å². The molecule has 30 heavy (non-hydrogen) atoms. The molecule has 0 aliphatic carbocycles. The van der Waals surface area contributed by atoms with Crippen molar-refractivity contribution in [1.82, 2.24) is 19.4 Å². The Morgan fingerprint density at radius 1 is 1.20 bits per heavy atom. The van der Waals surface area contributed by atoms with Gasteiger partial charge in [0.05, 0.1) is 30.4 Å². The number of thiophene rings is 1. The molecule has 4 aromatic rings. The zero-order valence-electron chi connectivity index (χ0n) is 15.9. The lowest BCUT2D eigenvalue weighted by Gasteiger charge is -2.27. The molecule has 1 amide bonds. The number of benzene rings is 1. The summed E-state index contributed by atoms with van der Waals surface area (Å²) in [6.07, 6.45) is 5.52. The lowest BCUT2D eigenvalue weighted by molar-refractivity contribution is 0.0732. The third-order valence-electron chi connectivity index (χ3n) is 5.29. The van der Waals surface area contributed by atoms with Gasteiger partial charge in [0, 0.05) is 23.8 Å². The van der Waals surface area contributed by atoms with Crippen LogP contribution in [0, 0.1) is 5.82 Å². The number of hydrogen-bond acceptors (Lipinski definition) is 5. The molecule has 0 unspecified atom stereocenters. The van der Waals surface area contributed by atoms with Crippen molar-refractivity contribution in [2.24, 2.45) is 0 Å². The van der Waals surface area contributed by atoms with Crippen LogP contribution in [0.15, 0.2) is 59.9 Å². The number of hydrogen-bond donors (Lipinski definition) is 0. The molecule has 0 N–H and O–H groups in total. The minimum Gasteiger partial charge on any atom is -0.333 e. The van der Waals surface area contributed by atoms with E-state index in [1.165, 1.54) is 23.5 Å². The fourth-order valence-corrected chi connectivity index (χ4v) is 4.99. The van der Waals surface area contributed by atoms with Crippen LogP contribution >= 0.6 is 11.3 Å². The summed E-state index contributed by atoms with van der Waals surface area (Å²) in [6, 6.07) is 9.75. The van der Waals surface area contributed by atoms with Gasteiger partial charge < -0.3 is 4.90 Å². The summed E-state index contributed by atoms with van der Waals surface area (Å²) in [4.78, 5) is 37.7. The first-order valence-corrected chi connectivity index (χ1v) is 10.4. The minimum atomic E-state index is -0.524. The molecule has 0 saturated heterocycles. The lowest BCUT2D eigenvalue weighted by Crippen LogP contribution is -2.36. The van der Waals surface area contributed by atoms with Gasteiger partial charge in [0.2, 0.25) is 0 Å². The second-order valence-electron chi connectivity index (χ2n) is 7.18. The van der Waals surface area contributed by atoms with E-state index >= 15 is 0 Å². The average molecular weight is 420 g/mol. The highest BCUT2D eigenvalue weighted by Crippen LogP contribution is 2.33. The number of fused-ring (bicyclic) bond motifs is 3. The highest BCUT2D eigenvalue weighted by Gasteiger charge is 2.28. The van der Waals surface area contributed by atoms with E-state index < -0.39 is 5.82 Å². The Bertz CT molecular complexity index is 1320. The second-order valence-corrected chi connectivity index (χ2v) is 8.26. The summed E-state index contributed by atoms with van der Waals surface area (Å²) in [6.45, 7) is 1.19. The van der Waals surface area contributed by atoms with Crippen molar-refractivity contribution in [1.29, 1.82) is 0 Å². The van der Waals surface area contributed by atoms with E-state index in [0.29, 0.717) is 36.3 Å². The number of carbonyl (C=O) groups is 1. The van der Waals surface area contributed by atoms with Gasteiger partial charge in [-0.1, -0.05) is 18.2 Å². The number of pyridine rings is 1. The molecular formula is C22H17FN4O2S. The van der Waals surface area contributed by atoms with Crippen molar-refractivity contribution in [2.75, 3.05) is 6.54 Å². The average Bonchev–Trinajstić information content (AvgIpc) is 3.15. The number of amides is 1. The Kier molecular flexibility index (Phi) is 4.63. The van der Waals surface area contributed by atoms with Gasteiger partial charge in [0.25, 0.3) is 11.5 Å². The molecule has 0 bridgehead atoms. The molecule has 0 saturated carbocycles. The summed E-state index contributed by atoms with van der Waals surface area (Å²) >= 11 is 1.43. The lowest BCUT2D eigenvalue weighted by atomic mass is 10.0. The normalized spacial score (nSPS) is 13.4. The van der Waals surface area contributed by atoms with Crippen LogP contribution in [-0.2, 0) is 19.5 Å². The number of halogens is 1. The van der Waals surface area contributed by atoms with Gasteiger partial charge in [-0.2, -0.15) is 0 Å². The molecule has 3 aromatic heterocycles. The van der Waals surface area contributed by atoms with Crippen LogP contribution in [0.1, 0.15) is 26.4 Å². The van der Waals surface area contributed by atoms with Crippen molar-refractivity contribution in [3.05, 3.63) is 92.9 Å². The summed E-state index contributed by atoms with van der Waals surface area (Å²) in [5.41, 5.74) is 1.85. The zero-order valence-corrected chi connectivity index (χ0v) is 16.7. The summed E-state index contributed by atoms with van der Waals surface area (Å²) in [5.74, 6) is -0.859. The molecule has 1 aliphatic heterocycles. The van der Waals surface area contributed by atoms with E-state index in [2.05, 4.69) is 9.97 Å². The first-order valence-electron chi connectivity index (χ1n) is 9.54. The first kappa shape index (κ1) is 18.6. The Morgan fingerprint density at radius 2 is 2.07 bits per heavy atom. The summed E-state index contributed by atoms with van der Waals surface area (Å²) in [7, 11) is 0. The van der Waals surface area contributed by atoms with Gasteiger partial charge in [0.1, 0.15) is 10.6 Å². The third-order valence-corrected chi connectivity index (χ3v) is 6.42. The van der Waals surface area contributed by atoms with Gasteiger partial charge in [-0.15, -0.1) is 11.3 Å². The summed E-state index contributed by atoms with van der Waals surface area (Å²) < 4.78 is 15.6. The fourth-order valence-electron chi connectivity index (χ4n) is 3.80. The third kappa shape index (κ3) is 3.19. The van der Waals surface area contributed by atoms with E-state index in [4.69, 9.17) is 0 Å². The molecule has 150 valence electrons.